The molecule has 1 fully saturated rings. The largest absolute Gasteiger partial charge is 0.295 e. The van der Waals surface area contributed by atoms with Crippen LogP contribution < -0.4 is 0 Å². The first-order valence-electron chi connectivity index (χ1n) is 5.73. The molecule has 0 radical (unpaired) electrons. The Morgan fingerprint density at radius 2 is 1.36 bits per heavy atom. The van der Waals surface area contributed by atoms with Crippen LogP contribution in [0.25, 0.3) is 0 Å². The van der Waals surface area contributed by atoms with Crippen molar-refractivity contribution in [1.29, 1.82) is 0 Å². The zero-order valence-electron chi connectivity index (χ0n) is 11.2. The molecule has 0 bridgehead atoms. The maximum absolute atomic E-state index is 2.51. The summed E-state index contributed by atoms with van der Waals surface area (Å²) in [6, 6.07) is 0. The Kier molecular flexibility index (Phi) is 2.56. The summed E-state index contributed by atoms with van der Waals surface area (Å²) in [5.41, 5.74) is 1.19. The minimum atomic E-state index is 0.372. The van der Waals surface area contributed by atoms with Crippen LogP contribution in [0.4, 0.5) is 0 Å². The molecule has 0 saturated carbocycles. The van der Waals surface area contributed by atoms with Crippen LogP contribution >= 0.6 is 0 Å². The Morgan fingerprint density at radius 1 is 1.00 bits per heavy atom. The van der Waals surface area contributed by atoms with Gasteiger partial charge in [0.15, 0.2) is 0 Å². The predicted molar refractivity (Wildman–Crippen MR) is 63.5 cm³/mol. The number of nitrogens with zero attached hydrogens (tertiary/aromatic N) is 1. The van der Waals surface area contributed by atoms with E-state index < -0.39 is 0 Å². The molecule has 0 aromatic heterocycles. The lowest BCUT2D eigenvalue weighted by Gasteiger charge is -2.67. The van der Waals surface area contributed by atoms with Crippen molar-refractivity contribution in [3.05, 3.63) is 0 Å². The second kappa shape index (κ2) is 2.98. The Hall–Kier alpha value is -0.0400. The molecule has 0 atom stereocenters. The third-order valence-corrected chi connectivity index (χ3v) is 4.25. The van der Waals surface area contributed by atoms with E-state index in [0.29, 0.717) is 16.5 Å². The summed E-state index contributed by atoms with van der Waals surface area (Å²) in [6.45, 7) is 16.5. The van der Waals surface area contributed by atoms with Crippen LogP contribution in [-0.4, -0.2) is 23.0 Å². The third-order valence-electron chi connectivity index (χ3n) is 4.25. The molecule has 1 heteroatoms. The highest BCUT2D eigenvalue weighted by molar-refractivity contribution is 5.12. The van der Waals surface area contributed by atoms with Crippen LogP contribution in [0.2, 0.25) is 0 Å². The first-order chi connectivity index (χ1) is 5.99. The molecule has 0 N–H and O–H groups in total. The van der Waals surface area contributed by atoms with Gasteiger partial charge in [-0.1, -0.05) is 20.8 Å². The van der Waals surface area contributed by atoms with Crippen molar-refractivity contribution >= 4 is 0 Å². The molecule has 0 spiro atoms. The lowest BCUT2D eigenvalue weighted by atomic mass is 9.58. The molecular formula is C13H27N. The van der Waals surface area contributed by atoms with Gasteiger partial charge in [-0.3, -0.25) is 4.90 Å². The lowest BCUT2D eigenvalue weighted by Crippen LogP contribution is -2.74. The number of hydrogen-bond donors (Lipinski definition) is 0. The minimum Gasteiger partial charge on any atom is -0.295 e. The van der Waals surface area contributed by atoms with Crippen molar-refractivity contribution in [2.45, 2.75) is 66.0 Å². The van der Waals surface area contributed by atoms with Crippen molar-refractivity contribution in [2.24, 2.45) is 11.3 Å². The van der Waals surface area contributed by atoms with Gasteiger partial charge < -0.3 is 0 Å². The first kappa shape index (κ1) is 12.0. The van der Waals surface area contributed by atoms with Crippen molar-refractivity contribution in [3.8, 4) is 0 Å². The van der Waals surface area contributed by atoms with Gasteiger partial charge in [-0.05, 0) is 52.5 Å². The highest BCUT2D eigenvalue weighted by Crippen LogP contribution is 2.52. The Morgan fingerprint density at radius 3 is 1.64 bits per heavy atom. The SMILES string of the molecule is CN1C(C)(C)C(CC(C)(C)C)C1(C)C. The molecule has 0 aromatic rings. The van der Waals surface area contributed by atoms with Gasteiger partial charge in [0, 0.05) is 11.1 Å². The van der Waals surface area contributed by atoms with Gasteiger partial charge in [-0.2, -0.15) is 0 Å². The van der Waals surface area contributed by atoms with Crippen molar-refractivity contribution in [1.82, 2.24) is 4.90 Å². The van der Waals surface area contributed by atoms with E-state index >= 15 is 0 Å². The average Bonchev–Trinajstić information content (AvgIpc) is 1.97. The molecule has 0 aromatic carbocycles. The summed E-state index contributed by atoms with van der Waals surface area (Å²) in [4.78, 5) is 2.51. The Balaban J connectivity index is 2.79. The molecule has 1 heterocycles. The van der Waals surface area contributed by atoms with E-state index in [1.165, 1.54) is 6.42 Å². The minimum absolute atomic E-state index is 0.372. The second-order valence-electron chi connectivity index (χ2n) is 7.18. The highest BCUT2D eigenvalue weighted by Gasteiger charge is 2.57. The molecule has 14 heavy (non-hydrogen) atoms. The van der Waals surface area contributed by atoms with Crippen molar-refractivity contribution in [2.75, 3.05) is 7.05 Å². The molecule has 1 aliphatic heterocycles. The van der Waals surface area contributed by atoms with E-state index in [2.05, 4.69) is 60.4 Å². The lowest BCUT2D eigenvalue weighted by molar-refractivity contribution is -0.168. The van der Waals surface area contributed by atoms with E-state index in [9.17, 15) is 0 Å². The highest BCUT2D eigenvalue weighted by atomic mass is 15.3. The monoisotopic (exact) mass is 197 g/mol. The normalized spacial score (nSPS) is 27.4. The maximum Gasteiger partial charge on any atom is 0.0201 e. The number of hydrogen-bond acceptors (Lipinski definition) is 1. The number of rotatable bonds is 1. The molecular weight excluding hydrogens is 170 g/mol. The second-order valence-corrected chi connectivity index (χ2v) is 7.18. The summed E-state index contributed by atoms with van der Waals surface area (Å²) in [6.07, 6.45) is 1.32. The van der Waals surface area contributed by atoms with Gasteiger partial charge in [0.2, 0.25) is 0 Å². The predicted octanol–water partition coefficient (Wildman–Crippen LogP) is 3.54. The van der Waals surface area contributed by atoms with Crippen molar-refractivity contribution in [3.63, 3.8) is 0 Å². The molecule has 1 saturated heterocycles. The standard InChI is InChI=1S/C13H27N/c1-11(2,3)9-10-12(4,5)14(8)13(10,6)7/h10H,9H2,1-8H3. The maximum atomic E-state index is 2.51. The molecule has 1 nitrogen and oxygen atoms in total. The van der Waals surface area contributed by atoms with Crippen molar-refractivity contribution < 1.29 is 0 Å². The fraction of sp³-hybridized carbons (Fsp3) is 1.00. The molecule has 0 aliphatic carbocycles. The van der Waals surface area contributed by atoms with E-state index in [4.69, 9.17) is 0 Å². The van der Waals surface area contributed by atoms with E-state index in [-0.39, 0.29) is 0 Å². The molecule has 1 rings (SSSR count). The topological polar surface area (TPSA) is 3.24 Å². The van der Waals surface area contributed by atoms with E-state index in [1.54, 1.807) is 0 Å². The fourth-order valence-corrected chi connectivity index (χ4v) is 3.12. The Bertz CT molecular complexity index is 204. The van der Waals surface area contributed by atoms with Gasteiger partial charge in [-0.25, -0.2) is 0 Å². The smallest absolute Gasteiger partial charge is 0.0201 e. The number of likely N-dealkylation sites (tertiary alicyclic amines) is 1. The average molecular weight is 197 g/mol. The van der Waals surface area contributed by atoms with E-state index in [0.717, 1.165) is 5.92 Å². The van der Waals surface area contributed by atoms with Gasteiger partial charge >= 0.3 is 0 Å². The fourth-order valence-electron chi connectivity index (χ4n) is 3.12. The van der Waals surface area contributed by atoms with Gasteiger partial charge in [0.25, 0.3) is 0 Å². The molecule has 84 valence electrons. The van der Waals surface area contributed by atoms with Gasteiger partial charge in [0.05, 0.1) is 0 Å². The summed E-state index contributed by atoms with van der Waals surface area (Å²) in [5.74, 6) is 0.806. The van der Waals surface area contributed by atoms with Crippen LogP contribution in [0.1, 0.15) is 54.9 Å². The zero-order chi connectivity index (χ0) is 11.4. The molecule has 0 unspecified atom stereocenters. The zero-order valence-corrected chi connectivity index (χ0v) is 11.2. The van der Waals surface area contributed by atoms with Crippen LogP contribution in [0, 0.1) is 11.3 Å². The summed E-state index contributed by atoms with van der Waals surface area (Å²) >= 11 is 0. The Labute approximate surface area is 89.9 Å². The van der Waals surface area contributed by atoms with Crippen LogP contribution in [0.5, 0.6) is 0 Å². The molecule has 1 aliphatic rings. The third kappa shape index (κ3) is 1.71. The van der Waals surface area contributed by atoms with Crippen LogP contribution in [0.3, 0.4) is 0 Å². The quantitative estimate of drug-likeness (QED) is 0.621. The summed E-state index contributed by atoms with van der Waals surface area (Å²) in [5, 5.41) is 0. The molecule has 0 amide bonds. The van der Waals surface area contributed by atoms with E-state index in [1.807, 2.05) is 0 Å². The van der Waals surface area contributed by atoms with Crippen LogP contribution in [-0.2, 0) is 0 Å². The van der Waals surface area contributed by atoms with Gasteiger partial charge in [0.1, 0.15) is 0 Å². The summed E-state index contributed by atoms with van der Waals surface area (Å²) < 4.78 is 0. The summed E-state index contributed by atoms with van der Waals surface area (Å²) in [7, 11) is 2.25. The first-order valence-corrected chi connectivity index (χ1v) is 5.73. The van der Waals surface area contributed by atoms with Crippen LogP contribution in [0.15, 0.2) is 0 Å². The van der Waals surface area contributed by atoms with Gasteiger partial charge in [-0.15, -0.1) is 0 Å².